The van der Waals surface area contributed by atoms with Crippen LogP contribution >= 0.6 is 11.6 Å². The van der Waals surface area contributed by atoms with E-state index in [9.17, 15) is 13.2 Å². The number of morpholine rings is 1. The standard InChI is InChI=1S/C23H30ClN3O4S/c1-3-22(27(32(2,29)30)21-9-7-20(24)8-10-21)23(28)25-16-18-5-4-6-19(15-18)17-26-11-13-31-14-12-26/h4-10,15,22H,3,11-14,16-17H2,1-2H3,(H,25,28)/t22-/m1/s1. The number of hydrogen-bond donors (Lipinski definition) is 1. The lowest BCUT2D eigenvalue weighted by molar-refractivity contribution is -0.122. The average molecular weight is 480 g/mol. The molecule has 174 valence electrons. The summed E-state index contributed by atoms with van der Waals surface area (Å²) in [6.45, 7) is 6.26. The predicted molar refractivity (Wildman–Crippen MR) is 127 cm³/mol. The second kappa shape index (κ2) is 11.1. The number of benzene rings is 2. The Balaban J connectivity index is 1.69. The number of hydrogen-bond acceptors (Lipinski definition) is 5. The monoisotopic (exact) mass is 479 g/mol. The van der Waals surface area contributed by atoms with Gasteiger partial charge in [-0.1, -0.05) is 42.8 Å². The smallest absolute Gasteiger partial charge is 0.244 e. The van der Waals surface area contributed by atoms with Crippen LogP contribution in [0.5, 0.6) is 0 Å². The highest BCUT2D eigenvalue weighted by molar-refractivity contribution is 7.92. The molecule has 0 saturated carbocycles. The lowest BCUT2D eigenvalue weighted by atomic mass is 10.1. The number of rotatable bonds is 9. The van der Waals surface area contributed by atoms with Gasteiger partial charge in [0, 0.05) is 31.2 Å². The Hall–Kier alpha value is -2.13. The molecule has 9 heteroatoms. The first-order valence-electron chi connectivity index (χ1n) is 10.7. The van der Waals surface area contributed by atoms with Gasteiger partial charge in [-0.15, -0.1) is 0 Å². The molecule has 1 fully saturated rings. The van der Waals surface area contributed by atoms with Crippen LogP contribution in [-0.2, 0) is 32.6 Å². The van der Waals surface area contributed by atoms with Gasteiger partial charge in [0.25, 0.3) is 0 Å². The van der Waals surface area contributed by atoms with E-state index in [0.29, 0.717) is 23.7 Å². The maximum Gasteiger partial charge on any atom is 0.244 e. The molecule has 7 nitrogen and oxygen atoms in total. The number of amides is 1. The van der Waals surface area contributed by atoms with E-state index in [4.69, 9.17) is 16.3 Å². The van der Waals surface area contributed by atoms with Crippen molar-refractivity contribution in [2.45, 2.75) is 32.5 Å². The highest BCUT2D eigenvalue weighted by Gasteiger charge is 2.31. The molecule has 1 aliphatic heterocycles. The van der Waals surface area contributed by atoms with Crippen molar-refractivity contribution in [3.8, 4) is 0 Å². The molecule has 1 amide bonds. The molecule has 1 atom stereocenters. The fourth-order valence-corrected chi connectivity index (χ4v) is 5.15. The van der Waals surface area contributed by atoms with E-state index in [0.717, 1.165) is 49.0 Å². The number of nitrogens with one attached hydrogen (secondary N) is 1. The van der Waals surface area contributed by atoms with Gasteiger partial charge in [-0.3, -0.25) is 14.0 Å². The first-order chi connectivity index (χ1) is 15.3. The van der Waals surface area contributed by atoms with Crippen molar-refractivity contribution >= 4 is 33.2 Å². The maximum absolute atomic E-state index is 13.0. The van der Waals surface area contributed by atoms with E-state index in [1.807, 2.05) is 12.1 Å². The van der Waals surface area contributed by atoms with Crippen LogP contribution in [0.4, 0.5) is 5.69 Å². The molecule has 0 bridgehead atoms. The Morgan fingerprint density at radius 2 is 1.81 bits per heavy atom. The minimum absolute atomic E-state index is 0.324. The summed E-state index contributed by atoms with van der Waals surface area (Å²) < 4.78 is 31.6. The summed E-state index contributed by atoms with van der Waals surface area (Å²) in [5.74, 6) is -0.341. The SMILES string of the molecule is CC[C@H](C(=O)NCc1cccc(CN2CCOCC2)c1)N(c1ccc(Cl)cc1)S(C)(=O)=O. The van der Waals surface area contributed by atoms with Crippen molar-refractivity contribution in [2.24, 2.45) is 0 Å². The van der Waals surface area contributed by atoms with Crippen LogP contribution in [0.3, 0.4) is 0 Å². The summed E-state index contributed by atoms with van der Waals surface area (Å²) in [6.07, 6.45) is 1.44. The number of ether oxygens (including phenoxy) is 1. The first-order valence-corrected chi connectivity index (χ1v) is 12.9. The van der Waals surface area contributed by atoms with E-state index in [1.165, 1.54) is 5.56 Å². The van der Waals surface area contributed by atoms with Crippen LogP contribution in [0.15, 0.2) is 48.5 Å². The largest absolute Gasteiger partial charge is 0.379 e. The molecule has 1 aliphatic rings. The van der Waals surface area contributed by atoms with Gasteiger partial charge in [-0.05, 0) is 41.8 Å². The molecule has 0 unspecified atom stereocenters. The van der Waals surface area contributed by atoms with Gasteiger partial charge < -0.3 is 10.1 Å². The molecule has 32 heavy (non-hydrogen) atoms. The molecular formula is C23H30ClN3O4S. The summed E-state index contributed by atoms with van der Waals surface area (Å²) in [4.78, 5) is 15.4. The highest BCUT2D eigenvalue weighted by atomic mass is 35.5. The van der Waals surface area contributed by atoms with Crippen molar-refractivity contribution in [1.29, 1.82) is 0 Å². The van der Waals surface area contributed by atoms with Crippen LogP contribution in [0.25, 0.3) is 0 Å². The molecule has 1 saturated heterocycles. The van der Waals surface area contributed by atoms with Crippen LogP contribution in [0, 0.1) is 0 Å². The second-order valence-electron chi connectivity index (χ2n) is 7.89. The first kappa shape index (κ1) is 24.5. The number of carbonyl (C=O) groups excluding carboxylic acids is 1. The van der Waals surface area contributed by atoms with Crippen molar-refractivity contribution in [3.63, 3.8) is 0 Å². The average Bonchev–Trinajstić information content (AvgIpc) is 2.77. The summed E-state index contributed by atoms with van der Waals surface area (Å²) in [7, 11) is -3.68. The third kappa shape index (κ3) is 6.68. The van der Waals surface area contributed by atoms with Gasteiger partial charge in [-0.25, -0.2) is 8.42 Å². The van der Waals surface area contributed by atoms with E-state index in [2.05, 4.69) is 22.3 Å². The van der Waals surface area contributed by atoms with Crippen molar-refractivity contribution < 1.29 is 17.9 Å². The fourth-order valence-electron chi connectivity index (χ4n) is 3.81. The summed E-state index contributed by atoms with van der Waals surface area (Å²) in [5.41, 5.74) is 2.55. The van der Waals surface area contributed by atoms with Gasteiger partial charge in [0.2, 0.25) is 15.9 Å². The number of anilines is 1. The normalized spacial score (nSPS) is 15.8. The molecule has 1 heterocycles. The van der Waals surface area contributed by atoms with Crippen molar-refractivity contribution in [1.82, 2.24) is 10.2 Å². The van der Waals surface area contributed by atoms with Crippen molar-refractivity contribution in [2.75, 3.05) is 36.9 Å². The quantitative estimate of drug-likeness (QED) is 0.598. The van der Waals surface area contributed by atoms with E-state index in [1.54, 1.807) is 31.2 Å². The lowest BCUT2D eigenvalue weighted by Crippen LogP contribution is -2.49. The molecule has 0 spiro atoms. The minimum atomic E-state index is -3.68. The predicted octanol–water partition coefficient (Wildman–Crippen LogP) is 3.03. The molecule has 0 radical (unpaired) electrons. The third-order valence-electron chi connectivity index (χ3n) is 5.38. The lowest BCUT2D eigenvalue weighted by Gasteiger charge is -2.30. The maximum atomic E-state index is 13.0. The molecule has 1 N–H and O–H groups in total. The molecular weight excluding hydrogens is 450 g/mol. The Morgan fingerprint density at radius 3 is 2.44 bits per heavy atom. The van der Waals surface area contributed by atoms with Gasteiger partial charge in [0.1, 0.15) is 6.04 Å². The van der Waals surface area contributed by atoms with Crippen LogP contribution in [0.1, 0.15) is 24.5 Å². The highest BCUT2D eigenvalue weighted by Crippen LogP contribution is 2.24. The molecule has 3 rings (SSSR count). The van der Waals surface area contributed by atoms with Crippen LogP contribution < -0.4 is 9.62 Å². The minimum Gasteiger partial charge on any atom is -0.379 e. The van der Waals surface area contributed by atoms with Crippen LogP contribution in [-0.4, -0.2) is 57.8 Å². The number of sulfonamides is 1. The van der Waals surface area contributed by atoms with Gasteiger partial charge >= 0.3 is 0 Å². The number of carbonyl (C=O) groups is 1. The van der Waals surface area contributed by atoms with Crippen LogP contribution in [0.2, 0.25) is 5.02 Å². The number of halogens is 1. The van der Waals surface area contributed by atoms with E-state index < -0.39 is 16.1 Å². The summed E-state index contributed by atoms with van der Waals surface area (Å²) in [5, 5.41) is 3.41. The third-order valence-corrected chi connectivity index (χ3v) is 6.81. The topological polar surface area (TPSA) is 79.0 Å². The Bertz CT molecular complexity index is 1010. The summed E-state index contributed by atoms with van der Waals surface area (Å²) >= 11 is 5.94. The Morgan fingerprint density at radius 1 is 1.16 bits per heavy atom. The molecule has 0 aliphatic carbocycles. The van der Waals surface area contributed by atoms with E-state index in [-0.39, 0.29) is 5.91 Å². The Kier molecular flexibility index (Phi) is 8.53. The van der Waals surface area contributed by atoms with Gasteiger partial charge in [0.05, 0.1) is 25.2 Å². The molecule has 2 aromatic rings. The second-order valence-corrected chi connectivity index (χ2v) is 10.2. The van der Waals surface area contributed by atoms with Gasteiger partial charge in [0.15, 0.2) is 0 Å². The van der Waals surface area contributed by atoms with E-state index >= 15 is 0 Å². The number of nitrogens with zero attached hydrogens (tertiary/aromatic N) is 2. The molecule has 2 aromatic carbocycles. The zero-order valence-corrected chi connectivity index (χ0v) is 20.0. The summed E-state index contributed by atoms with van der Waals surface area (Å²) in [6, 6.07) is 13.7. The zero-order chi connectivity index (χ0) is 23.1. The van der Waals surface area contributed by atoms with Crippen molar-refractivity contribution in [3.05, 3.63) is 64.7 Å². The molecule has 0 aromatic heterocycles. The van der Waals surface area contributed by atoms with Gasteiger partial charge in [-0.2, -0.15) is 0 Å². The fraction of sp³-hybridized carbons (Fsp3) is 0.435. The Labute approximate surface area is 195 Å². The zero-order valence-electron chi connectivity index (χ0n) is 18.5.